The summed E-state index contributed by atoms with van der Waals surface area (Å²) >= 11 is 0. The Bertz CT molecular complexity index is 2640. The molecule has 2 nitrogen and oxygen atoms in total. The van der Waals surface area contributed by atoms with E-state index in [4.69, 9.17) is 0 Å². The van der Waals surface area contributed by atoms with Gasteiger partial charge in [-0.3, -0.25) is 0 Å². The molecule has 286 valence electrons. The molecule has 0 heterocycles. The van der Waals surface area contributed by atoms with Gasteiger partial charge in [0.25, 0.3) is 0 Å². The van der Waals surface area contributed by atoms with Gasteiger partial charge in [-0.2, -0.15) is 0 Å². The van der Waals surface area contributed by atoms with Crippen molar-refractivity contribution in [2.45, 2.75) is 0 Å². The first-order chi connectivity index (χ1) is 29.6. The van der Waals surface area contributed by atoms with E-state index < -0.39 is 0 Å². The predicted molar refractivity (Wildman–Crippen MR) is 258 cm³/mol. The van der Waals surface area contributed by atoms with Crippen molar-refractivity contribution in [3.8, 4) is 44.5 Å². The fraction of sp³-hybridized carbons (Fsp3) is 0. The molecule has 0 aromatic heterocycles. The van der Waals surface area contributed by atoms with Crippen LogP contribution in [0.5, 0.6) is 0 Å². The van der Waals surface area contributed by atoms with Crippen LogP contribution < -0.4 is 9.80 Å². The van der Waals surface area contributed by atoms with E-state index in [1.807, 2.05) is 12.2 Å². The van der Waals surface area contributed by atoms with Crippen molar-refractivity contribution in [2.75, 3.05) is 9.80 Å². The lowest BCUT2D eigenvalue weighted by atomic mass is 10.00. The lowest BCUT2D eigenvalue weighted by Gasteiger charge is -2.29. The Morgan fingerprint density at radius 1 is 0.233 bits per heavy atom. The van der Waals surface area contributed by atoms with Gasteiger partial charge < -0.3 is 9.80 Å². The molecule has 0 amide bonds. The van der Waals surface area contributed by atoms with Crippen molar-refractivity contribution in [1.29, 1.82) is 0 Å². The monoisotopic (exact) mass is 768 g/mol. The summed E-state index contributed by atoms with van der Waals surface area (Å²) in [5.41, 5.74) is 18.0. The fourth-order valence-electron chi connectivity index (χ4n) is 7.80. The zero-order valence-corrected chi connectivity index (χ0v) is 33.4. The molecule has 0 aliphatic heterocycles. The molecule has 0 unspecified atom stereocenters. The number of hydrogen-bond donors (Lipinski definition) is 0. The zero-order chi connectivity index (χ0) is 40.7. The van der Waals surface area contributed by atoms with E-state index in [0.29, 0.717) is 0 Å². The topological polar surface area (TPSA) is 6.48 Å². The van der Waals surface area contributed by atoms with Gasteiger partial charge in [-0.05, 0) is 128 Å². The first kappa shape index (κ1) is 37.6. The number of nitrogens with zero attached hydrogens (tertiary/aromatic N) is 2. The van der Waals surface area contributed by atoms with Crippen LogP contribution in [0.25, 0.3) is 56.7 Å². The molecule has 0 aliphatic carbocycles. The highest BCUT2D eigenvalue weighted by molar-refractivity contribution is 5.84. The molecular weight excluding hydrogens is 725 g/mol. The standard InChI is InChI=1S/C58H44N2/c1-3-43-13-11-19-57(41-43)59(53-33-29-51(30-34-53)49-25-21-47(22-26-49)45-15-7-5-8-16-45)55-37-39-56(40-38-55)60(58-20-12-14-44(4-2)42-58)54-35-31-52(32-36-54)50-27-23-48(24-28-50)46-17-9-6-10-18-46/h3-42H,1-2H2. The number of hydrogen-bond acceptors (Lipinski definition) is 2. The maximum absolute atomic E-state index is 4.06. The van der Waals surface area contributed by atoms with Crippen molar-refractivity contribution < 1.29 is 0 Å². The molecule has 0 atom stereocenters. The van der Waals surface area contributed by atoms with Crippen LogP contribution in [0, 0.1) is 0 Å². The molecule has 0 N–H and O–H groups in total. The van der Waals surface area contributed by atoms with Crippen LogP contribution in [-0.2, 0) is 0 Å². The molecule has 0 fully saturated rings. The molecule has 0 saturated carbocycles. The van der Waals surface area contributed by atoms with Crippen LogP contribution in [0.15, 0.2) is 244 Å². The first-order valence-corrected chi connectivity index (χ1v) is 20.3. The van der Waals surface area contributed by atoms with Crippen LogP contribution in [0.3, 0.4) is 0 Å². The van der Waals surface area contributed by atoms with E-state index in [2.05, 4.69) is 253 Å². The van der Waals surface area contributed by atoms with E-state index in [1.54, 1.807) is 0 Å². The first-order valence-electron chi connectivity index (χ1n) is 20.3. The summed E-state index contributed by atoms with van der Waals surface area (Å²) in [6.07, 6.45) is 3.79. The highest BCUT2D eigenvalue weighted by Crippen LogP contribution is 2.41. The molecule has 9 rings (SSSR count). The van der Waals surface area contributed by atoms with Gasteiger partial charge in [0.1, 0.15) is 0 Å². The van der Waals surface area contributed by atoms with Gasteiger partial charge in [0.15, 0.2) is 0 Å². The zero-order valence-electron chi connectivity index (χ0n) is 33.4. The molecule has 0 spiro atoms. The minimum absolute atomic E-state index is 1.05. The van der Waals surface area contributed by atoms with E-state index in [-0.39, 0.29) is 0 Å². The Hall–Kier alpha value is -7.94. The van der Waals surface area contributed by atoms with E-state index in [9.17, 15) is 0 Å². The maximum atomic E-state index is 4.06. The molecule has 0 saturated heterocycles. The summed E-state index contributed by atoms with van der Waals surface area (Å²) in [7, 11) is 0. The predicted octanol–water partition coefficient (Wildman–Crippen LogP) is 16.6. The molecular formula is C58H44N2. The summed E-state index contributed by atoms with van der Waals surface area (Å²) in [5, 5.41) is 0. The Labute approximate surface area is 353 Å². The van der Waals surface area contributed by atoms with Gasteiger partial charge in [0, 0.05) is 34.1 Å². The molecule has 9 aromatic carbocycles. The molecule has 2 heteroatoms. The third-order valence-corrected chi connectivity index (χ3v) is 11.0. The Morgan fingerprint density at radius 2 is 0.483 bits per heavy atom. The van der Waals surface area contributed by atoms with Crippen molar-refractivity contribution in [1.82, 2.24) is 0 Å². The molecule has 60 heavy (non-hydrogen) atoms. The summed E-state index contributed by atoms with van der Waals surface area (Å²) < 4.78 is 0. The highest BCUT2D eigenvalue weighted by Gasteiger charge is 2.17. The van der Waals surface area contributed by atoms with Gasteiger partial charge in [0.2, 0.25) is 0 Å². The van der Waals surface area contributed by atoms with Gasteiger partial charge in [-0.15, -0.1) is 0 Å². The van der Waals surface area contributed by atoms with Gasteiger partial charge in [-0.1, -0.05) is 183 Å². The quantitative estimate of drug-likeness (QED) is 0.122. The van der Waals surface area contributed by atoms with Crippen LogP contribution in [0.1, 0.15) is 11.1 Å². The molecule has 0 aliphatic rings. The summed E-state index contributed by atoms with van der Waals surface area (Å²) in [6, 6.07) is 82.1. The summed E-state index contributed by atoms with van der Waals surface area (Å²) in [4.78, 5) is 4.61. The minimum Gasteiger partial charge on any atom is -0.310 e. The Balaban J connectivity index is 1.04. The second-order valence-electron chi connectivity index (χ2n) is 14.8. The third-order valence-electron chi connectivity index (χ3n) is 11.0. The van der Waals surface area contributed by atoms with Crippen molar-refractivity contribution in [3.05, 3.63) is 255 Å². The Morgan fingerprint density at radius 3 is 0.767 bits per heavy atom. The Kier molecular flexibility index (Phi) is 10.8. The summed E-state index contributed by atoms with van der Waals surface area (Å²) in [6.45, 7) is 8.11. The molecule has 0 radical (unpaired) electrons. The largest absolute Gasteiger partial charge is 0.310 e. The van der Waals surface area contributed by atoms with E-state index in [0.717, 1.165) is 45.3 Å². The minimum atomic E-state index is 1.05. The fourth-order valence-corrected chi connectivity index (χ4v) is 7.80. The van der Waals surface area contributed by atoms with Crippen molar-refractivity contribution in [3.63, 3.8) is 0 Å². The van der Waals surface area contributed by atoms with Gasteiger partial charge >= 0.3 is 0 Å². The highest BCUT2D eigenvalue weighted by atomic mass is 15.2. The second-order valence-corrected chi connectivity index (χ2v) is 14.8. The number of benzene rings is 9. The molecule has 9 aromatic rings. The second kappa shape index (κ2) is 17.3. The van der Waals surface area contributed by atoms with Crippen molar-refractivity contribution >= 4 is 46.3 Å². The van der Waals surface area contributed by atoms with Crippen molar-refractivity contribution in [2.24, 2.45) is 0 Å². The van der Waals surface area contributed by atoms with Crippen LogP contribution in [-0.4, -0.2) is 0 Å². The maximum Gasteiger partial charge on any atom is 0.0467 e. The lowest BCUT2D eigenvalue weighted by molar-refractivity contribution is 1.25. The SMILES string of the molecule is C=Cc1cccc(N(c2ccc(-c3ccc(-c4ccccc4)cc3)cc2)c2ccc(N(c3ccc(-c4ccc(-c5ccccc5)cc4)cc3)c3cccc(C=C)c3)cc2)c1. The normalized spacial score (nSPS) is 10.8. The van der Waals surface area contributed by atoms with Gasteiger partial charge in [-0.25, -0.2) is 0 Å². The van der Waals surface area contributed by atoms with E-state index >= 15 is 0 Å². The van der Waals surface area contributed by atoms with Crippen LogP contribution in [0.4, 0.5) is 34.1 Å². The van der Waals surface area contributed by atoms with Crippen LogP contribution in [0.2, 0.25) is 0 Å². The average molecular weight is 769 g/mol. The lowest BCUT2D eigenvalue weighted by Crippen LogP contribution is -2.12. The van der Waals surface area contributed by atoms with Gasteiger partial charge in [0.05, 0.1) is 0 Å². The average Bonchev–Trinajstić information content (AvgIpc) is 3.33. The number of rotatable bonds is 12. The van der Waals surface area contributed by atoms with Crippen LogP contribution >= 0.6 is 0 Å². The molecule has 0 bridgehead atoms. The smallest absolute Gasteiger partial charge is 0.0467 e. The third kappa shape index (κ3) is 8.09. The number of anilines is 6. The van der Waals surface area contributed by atoms with E-state index in [1.165, 1.54) is 44.5 Å². The summed E-state index contributed by atoms with van der Waals surface area (Å²) in [5.74, 6) is 0.